The fourth-order valence-electron chi connectivity index (χ4n) is 3.54. The lowest BCUT2D eigenvalue weighted by Crippen LogP contribution is -2.08. The first-order valence-electron chi connectivity index (χ1n) is 8.62. The monoisotopic (exact) mass is 318 g/mol. The van der Waals surface area contributed by atoms with Crippen molar-refractivity contribution in [1.82, 2.24) is 4.98 Å². The number of ether oxygens (including phenoxy) is 1. The average Bonchev–Trinajstić information content (AvgIpc) is 3.10. The molecule has 3 aromatic rings. The van der Waals surface area contributed by atoms with Crippen LogP contribution in [0.5, 0.6) is 5.75 Å². The van der Waals surface area contributed by atoms with Crippen molar-refractivity contribution in [3.05, 3.63) is 65.4 Å². The summed E-state index contributed by atoms with van der Waals surface area (Å²) in [6, 6.07) is 16.8. The lowest BCUT2D eigenvalue weighted by Gasteiger charge is -2.14. The van der Waals surface area contributed by atoms with Gasteiger partial charge in [-0.25, -0.2) is 0 Å². The van der Waals surface area contributed by atoms with E-state index >= 15 is 0 Å². The molecule has 1 N–H and O–H groups in total. The van der Waals surface area contributed by atoms with Crippen molar-refractivity contribution in [2.24, 2.45) is 0 Å². The van der Waals surface area contributed by atoms with E-state index in [0.717, 1.165) is 37.1 Å². The Balaban J connectivity index is 1.55. The van der Waals surface area contributed by atoms with Gasteiger partial charge in [0.15, 0.2) is 0 Å². The Morgan fingerprint density at radius 2 is 1.88 bits per heavy atom. The number of nitrogens with one attached hydrogen (secondary N) is 1. The number of anilines is 1. The Morgan fingerprint density at radius 1 is 1.04 bits per heavy atom. The number of hydrogen-bond acceptors (Lipinski definition) is 3. The van der Waals surface area contributed by atoms with E-state index < -0.39 is 0 Å². The van der Waals surface area contributed by atoms with E-state index in [-0.39, 0.29) is 0 Å². The average molecular weight is 318 g/mol. The van der Waals surface area contributed by atoms with Crippen LogP contribution in [0.4, 0.5) is 5.69 Å². The summed E-state index contributed by atoms with van der Waals surface area (Å²) in [5.41, 5.74) is 6.41. The summed E-state index contributed by atoms with van der Waals surface area (Å²) in [7, 11) is 1.70. The van der Waals surface area contributed by atoms with Gasteiger partial charge in [0.1, 0.15) is 5.75 Å². The van der Waals surface area contributed by atoms with Crippen LogP contribution in [0.1, 0.15) is 23.2 Å². The molecule has 1 aliphatic rings. The molecule has 3 heteroatoms. The number of fused-ring (bicyclic) bond motifs is 2. The van der Waals surface area contributed by atoms with Crippen molar-refractivity contribution >= 4 is 16.6 Å². The van der Waals surface area contributed by atoms with E-state index in [1.807, 2.05) is 12.1 Å². The molecule has 0 fully saturated rings. The first kappa shape index (κ1) is 15.0. The molecule has 0 aliphatic heterocycles. The van der Waals surface area contributed by atoms with Crippen LogP contribution in [0.25, 0.3) is 10.9 Å². The minimum atomic E-state index is 0.907. The van der Waals surface area contributed by atoms with Gasteiger partial charge < -0.3 is 10.1 Å². The molecule has 0 bridgehead atoms. The molecular formula is C21H22N2O. The summed E-state index contributed by atoms with van der Waals surface area (Å²) in [5.74, 6) is 0.907. The molecule has 0 atom stereocenters. The Hall–Kier alpha value is -2.55. The highest BCUT2D eigenvalue weighted by Crippen LogP contribution is 2.33. The molecule has 0 radical (unpaired) electrons. The zero-order valence-electron chi connectivity index (χ0n) is 14.0. The van der Waals surface area contributed by atoms with Crippen LogP contribution in [0, 0.1) is 0 Å². The summed E-state index contributed by atoms with van der Waals surface area (Å²) in [4.78, 5) is 4.85. The Bertz CT molecular complexity index is 856. The zero-order chi connectivity index (χ0) is 16.4. The number of para-hydroxylation sites is 1. The summed E-state index contributed by atoms with van der Waals surface area (Å²) >= 11 is 0. The van der Waals surface area contributed by atoms with Crippen LogP contribution in [-0.2, 0) is 19.3 Å². The second-order valence-electron chi connectivity index (χ2n) is 6.31. The van der Waals surface area contributed by atoms with E-state index in [0.29, 0.717) is 0 Å². The minimum Gasteiger partial charge on any atom is -0.497 e. The van der Waals surface area contributed by atoms with Crippen molar-refractivity contribution in [1.29, 1.82) is 0 Å². The third kappa shape index (κ3) is 2.82. The van der Waals surface area contributed by atoms with Crippen LogP contribution < -0.4 is 10.1 Å². The van der Waals surface area contributed by atoms with Crippen molar-refractivity contribution in [2.75, 3.05) is 19.0 Å². The van der Waals surface area contributed by atoms with Crippen LogP contribution in [-0.4, -0.2) is 18.6 Å². The number of aryl methyl sites for hydroxylation is 1. The number of nitrogens with zero attached hydrogens (tertiary/aromatic N) is 1. The van der Waals surface area contributed by atoms with Gasteiger partial charge in [0.2, 0.25) is 0 Å². The molecule has 122 valence electrons. The predicted molar refractivity (Wildman–Crippen MR) is 99.0 cm³/mol. The molecule has 2 aromatic carbocycles. The summed E-state index contributed by atoms with van der Waals surface area (Å²) in [6.45, 7) is 0.923. The quantitative estimate of drug-likeness (QED) is 0.758. The van der Waals surface area contributed by atoms with Crippen molar-refractivity contribution in [2.45, 2.75) is 25.7 Å². The van der Waals surface area contributed by atoms with Gasteiger partial charge in [-0.1, -0.05) is 30.3 Å². The van der Waals surface area contributed by atoms with Gasteiger partial charge in [-0.05, 0) is 55.0 Å². The van der Waals surface area contributed by atoms with Gasteiger partial charge >= 0.3 is 0 Å². The lowest BCUT2D eigenvalue weighted by atomic mass is 10.1. The largest absolute Gasteiger partial charge is 0.497 e. The molecule has 0 spiro atoms. The summed E-state index contributed by atoms with van der Waals surface area (Å²) < 4.78 is 5.22. The number of rotatable bonds is 5. The van der Waals surface area contributed by atoms with Gasteiger partial charge in [-0.2, -0.15) is 0 Å². The smallest absolute Gasteiger partial charge is 0.118 e. The molecule has 1 heterocycles. The highest BCUT2D eigenvalue weighted by atomic mass is 16.5. The fraction of sp³-hybridized carbons (Fsp3) is 0.286. The molecule has 24 heavy (non-hydrogen) atoms. The molecule has 0 unspecified atom stereocenters. The first-order valence-corrected chi connectivity index (χ1v) is 8.62. The molecule has 4 rings (SSSR count). The van der Waals surface area contributed by atoms with Crippen LogP contribution in [0.2, 0.25) is 0 Å². The highest BCUT2D eigenvalue weighted by Gasteiger charge is 2.19. The maximum atomic E-state index is 5.22. The Labute approximate surface area is 142 Å². The SMILES string of the molecule is COc1ccc(CCNc2c3c(nc4ccccc24)CCC3)cc1. The topological polar surface area (TPSA) is 34.1 Å². The summed E-state index contributed by atoms with van der Waals surface area (Å²) in [5, 5.41) is 4.94. The third-order valence-corrected chi connectivity index (χ3v) is 4.79. The normalized spacial score (nSPS) is 13.0. The minimum absolute atomic E-state index is 0.907. The Morgan fingerprint density at radius 3 is 2.71 bits per heavy atom. The predicted octanol–water partition coefficient (Wildman–Crippen LogP) is 4.39. The van der Waals surface area contributed by atoms with Crippen LogP contribution in [0.3, 0.4) is 0 Å². The van der Waals surface area contributed by atoms with E-state index in [2.05, 4.69) is 41.7 Å². The number of benzene rings is 2. The van der Waals surface area contributed by atoms with Gasteiger partial charge in [-0.15, -0.1) is 0 Å². The standard InChI is InChI=1S/C21H22N2O/c1-24-16-11-9-15(10-12-16)13-14-22-21-17-5-2-3-7-19(17)23-20-8-4-6-18(20)21/h2-3,5,7,9-12H,4,6,8,13-14H2,1H3,(H,22,23). The third-order valence-electron chi connectivity index (χ3n) is 4.79. The van der Waals surface area contributed by atoms with Crippen molar-refractivity contribution in [3.8, 4) is 5.75 Å². The van der Waals surface area contributed by atoms with Gasteiger partial charge in [-0.3, -0.25) is 4.98 Å². The number of methoxy groups -OCH3 is 1. The van der Waals surface area contributed by atoms with Crippen molar-refractivity contribution in [3.63, 3.8) is 0 Å². The molecule has 0 saturated heterocycles. The maximum Gasteiger partial charge on any atom is 0.118 e. The molecule has 0 saturated carbocycles. The Kier molecular flexibility index (Phi) is 4.08. The van der Waals surface area contributed by atoms with E-state index in [9.17, 15) is 0 Å². The van der Waals surface area contributed by atoms with E-state index in [1.165, 1.54) is 34.3 Å². The molecule has 0 amide bonds. The fourth-order valence-corrected chi connectivity index (χ4v) is 3.54. The van der Waals surface area contributed by atoms with Gasteiger partial charge in [0.25, 0.3) is 0 Å². The second-order valence-corrected chi connectivity index (χ2v) is 6.31. The van der Waals surface area contributed by atoms with Crippen LogP contribution >= 0.6 is 0 Å². The van der Waals surface area contributed by atoms with Crippen LogP contribution in [0.15, 0.2) is 48.5 Å². The second kappa shape index (κ2) is 6.52. The molecule has 1 aromatic heterocycles. The maximum absolute atomic E-state index is 5.22. The van der Waals surface area contributed by atoms with E-state index in [1.54, 1.807) is 7.11 Å². The molecule has 3 nitrogen and oxygen atoms in total. The number of aromatic nitrogens is 1. The number of hydrogen-bond donors (Lipinski definition) is 1. The molecular weight excluding hydrogens is 296 g/mol. The number of pyridine rings is 1. The summed E-state index contributed by atoms with van der Waals surface area (Å²) in [6.07, 6.45) is 4.45. The molecule has 1 aliphatic carbocycles. The van der Waals surface area contributed by atoms with Gasteiger partial charge in [0, 0.05) is 23.3 Å². The first-order chi connectivity index (χ1) is 11.8. The lowest BCUT2D eigenvalue weighted by molar-refractivity contribution is 0.414. The van der Waals surface area contributed by atoms with Crippen molar-refractivity contribution < 1.29 is 4.74 Å². The van der Waals surface area contributed by atoms with Gasteiger partial charge in [0.05, 0.1) is 12.6 Å². The highest BCUT2D eigenvalue weighted by molar-refractivity contribution is 5.93. The van der Waals surface area contributed by atoms with E-state index in [4.69, 9.17) is 9.72 Å². The zero-order valence-corrected chi connectivity index (χ0v) is 14.0.